The smallest absolute Gasteiger partial charge is 0.416 e. The molecule has 0 aliphatic carbocycles. The number of hydrogen-bond donors (Lipinski definition) is 2. The Balaban J connectivity index is 1.64. The fraction of sp³-hybridized carbons (Fsp3) is 0.148. The lowest BCUT2D eigenvalue weighted by Gasteiger charge is -2.10. The van der Waals surface area contributed by atoms with Gasteiger partial charge in [-0.2, -0.15) is 18.3 Å². The molecule has 0 aliphatic heterocycles. The molecule has 196 valence electrons. The van der Waals surface area contributed by atoms with Crippen LogP contribution in [-0.4, -0.2) is 33.3 Å². The molecule has 6 nitrogen and oxygen atoms in total. The number of halogens is 5. The zero-order valence-corrected chi connectivity index (χ0v) is 21.1. The molecule has 4 rings (SSSR count). The number of nitrogens with zero attached hydrogens (tertiary/aromatic N) is 2. The van der Waals surface area contributed by atoms with Gasteiger partial charge in [-0.1, -0.05) is 47.5 Å². The van der Waals surface area contributed by atoms with E-state index in [1.165, 1.54) is 12.1 Å². The third-order valence-electron chi connectivity index (χ3n) is 5.62. The molecule has 3 aromatic carbocycles. The highest BCUT2D eigenvalue weighted by Gasteiger charge is 2.30. The van der Waals surface area contributed by atoms with Crippen LogP contribution >= 0.6 is 23.2 Å². The van der Waals surface area contributed by atoms with Crippen molar-refractivity contribution in [1.82, 2.24) is 15.1 Å². The number of nitrogens with one attached hydrogen (secondary N) is 1. The molecule has 4 aromatic rings. The van der Waals surface area contributed by atoms with Gasteiger partial charge in [0.1, 0.15) is 0 Å². The van der Waals surface area contributed by atoms with Crippen LogP contribution in [0.4, 0.5) is 13.2 Å². The van der Waals surface area contributed by atoms with E-state index in [-0.39, 0.29) is 19.5 Å². The van der Waals surface area contributed by atoms with Crippen molar-refractivity contribution in [1.29, 1.82) is 0 Å². The second-order valence-electron chi connectivity index (χ2n) is 8.40. The van der Waals surface area contributed by atoms with E-state index in [2.05, 4.69) is 10.4 Å². The van der Waals surface area contributed by atoms with Gasteiger partial charge in [0.15, 0.2) is 0 Å². The molecule has 0 atom stereocenters. The first kappa shape index (κ1) is 27.2. The summed E-state index contributed by atoms with van der Waals surface area (Å²) in [6.45, 7) is 0.294. The molecule has 38 heavy (non-hydrogen) atoms. The Morgan fingerprint density at radius 1 is 0.895 bits per heavy atom. The fourth-order valence-corrected chi connectivity index (χ4v) is 4.29. The Morgan fingerprint density at radius 3 is 2.11 bits per heavy atom. The van der Waals surface area contributed by atoms with Crippen LogP contribution in [0, 0.1) is 0 Å². The van der Waals surface area contributed by atoms with Crippen LogP contribution in [-0.2, 0) is 17.5 Å². The van der Waals surface area contributed by atoms with Crippen molar-refractivity contribution < 1.29 is 27.9 Å². The molecule has 0 saturated carbocycles. The van der Waals surface area contributed by atoms with E-state index >= 15 is 0 Å². The van der Waals surface area contributed by atoms with E-state index in [1.54, 1.807) is 53.2 Å². The van der Waals surface area contributed by atoms with Gasteiger partial charge in [0.25, 0.3) is 5.91 Å². The summed E-state index contributed by atoms with van der Waals surface area (Å²) in [6.07, 6.45) is -4.62. The predicted octanol–water partition coefficient (Wildman–Crippen LogP) is 6.80. The standard InChI is InChI=1S/C27H20Cl2F3N3O3/c28-21-11-19(12-22(29)13-21)24-14-23(17-5-7-20(8-6-17)27(30,31)32)34-35(24)15-16-1-3-18(4-2-16)26(38)33-10-9-25(36)37/h1-8,11-14H,9-10,15H2,(H,33,38)(H,36,37). The Kier molecular flexibility index (Phi) is 8.08. The number of carboxylic acid groups (broad SMARTS) is 1. The van der Waals surface area contributed by atoms with Crippen LogP contribution in [0.25, 0.3) is 22.5 Å². The lowest BCUT2D eigenvalue weighted by Crippen LogP contribution is -2.25. The van der Waals surface area contributed by atoms with Gasteiger partial charge < -0.3 is 10.4 Å². The number of benzene rings is 3. The summed E-state index contributed by atoms with van der Waals surface area (Å²) in [5.41, 5.74) is 2.67. The number of carbonyl (C=O) groups is 2. The highest BCUT2D eigenvalue weighted by Crippen LogP contribution is 2.33. The van der Waals surface area contributed by atoms with Crippen molar-refractivity contribution in [3.05, 3.63) is 99.5 Å². The molecule has 1 amide bonds. The number of alkyl halides is 3. The number of carboxylic acids is 1. The third kappa shape index (κ3) is 6.73. The quantitative estimate of drug-likeness (QED) is 0.248. The van der Waals surface area contributed by atoms with Crippen molar-refractivity contribution in [3.8, 4) is 22.5 Å². The van der Waals surface area contributed by atoms with Crippen molar-refractivity contribution in [3.63, 3.8) is 0 Å². The van der Waals surface area contributed by atoms with E-state index in [4.69, 9.17) is 28.3 Å². The second-order valence-corrected chi connectivity index (χ2v) is 9.28. The van der Waals surface area contributed by atoms with Crippen LogP contribution in [0.1, 0.15) is 27.9 Å². The first-order valence-electron chi connectivity index (χ1n) is 11.3. The molecule has 0 aliphatic rings. The Hall–Kier alpha value is -3.82. The maximum atomic E-state index is 13.0. The number of rotatable bonds is 8. The first-order chi connectivity index (χ1) is 18.0. The molecule has 0 bridgehead atoms. The fourth-order valence-electron chi connectivity index (χ4n) is 3.76. The van der Waals surface area contributed by atoms with Gasteiger partial charge in [-0.05, 0) is 54.1 Å². The summed E-state index contributed by atoms with van der Waals surface area (Å²) in [6, 6.07) is 18.2. The zero-order valence-electron chi connectivity index (χ0n) is 19.6. The highest BCUT2D eigenvalue weighted by atomic mass is 35.5. The molecule has 0 unspecified atom stereocenters. The van der Waals surface area contributed by atoms with E-state index in [1.807, 2.05) is 0 Å². The van der Waals surface area contributed by atoms with Crippen LogP contribution in [0.15, 0.2) is 72.8 Å². The number of aromatic nitrogens is 2. The van der Waals surface area contributed by atoms with E-state index in [9.17, 15) is 22.8 Å². The summed E-state index contributed by atoms with van der Waals surface area (Å²) >= 11 is 12.4. The van der Waals surface area contributed by atoms with E-state index < -0.39 is 23.6 Å². The normalized spacial score (nSPS) is 11.4. The van der Waals surface area contributed by atoms with E-state index in [0.29, 0.717) is 38.1 Å². The minimum Gasteiger partial charge on any atom is -0.481 e. The van der Waals surface area contributed by atoms with Gasteiger partial charge in [0, 0.05) is 33.3 Å². The molecule has 0 radical (unpaired) electrons. The molecule has 1 aromatic heterocycles. The third-order valence-corrected chi connectivity index (χ3v) is 6.06. The minimum absolute atomic E-state index is 0.0154. The topological polar surface area (TPSA) is 84.2 Å². The molecule has 0 spiro atoms. The Bertz CT molecular complexity index is 1450. The zero-order chi connectivity index (χ0) is 27.4. The number of aliphatic carboxylic acids is 1. The second kappa shape index (κ2) is 11.3. The van der Waals surface area contributed by atoms with Gasteiger partial charge in [0.05, 0.1) is 29.9 Å². The number of hydrogen-bond acceptors (Lipinski definition) is 3. The molecule has 0 saturated heterocycles. The number of amides is 1. The maximum Gasteiger partial charge on any atom is 0.416 e. The molecule has 11 heteroatoms. The minimum atomic E-state index is -4.44. The van der Waals surface area contributed by atoms with Crippen molar-refractivity contribution >= 4 is 35.1 Å². The van der Waals surface area contributed by atoms with Crippen LogP contribution in [0.2, 0.25) is 10.0 Å². The maximum absolute atomic E-state index is 13.0. The summed E-state index contributed by atoms with van der Waals surface area (Å²) in [5, 5.41) is 16.7. The largest absolute Gasteiger partial charge is 0.481 e. The summed E-state index contributed by atoms with van der Waals surface area (Å²) in [4.78, 5) is 22.9. The monoisotopic (exact) mass is 561 g/mol. The van der Waals surface area contributed by atoms with Gasteiger partial charge >= 0.3 is 12.1 Å². The molecule has 1 heterocycles. The molecule has 0 fully saturated rings. The predicted molar refractivity (Wildman–Crippen MR) is 138 cm³/mol. The SMILES string of the molecule is O=C(O)CCNC(=O)c1ccc(Cn2nc(-c3ccc(C(F)(F)F)cc3)cc2-c2cc(Cl)cc(Cl)c2)cc1. The Morgan fingerprint density at radius 2 is 1.53 bits per heavy atom. The van der Waals surface area contributed by atoms with Crippen molar-refractivity contribution in [2.45, 2.75) is 19.1 Å². The lowest BCUT2D eigenvalue weighted by molar-refractivity contribution is -0.138. The van der Waals surface area contributed by atoms with Crippen LogP contribution < -0.4 is 5.32 Å². The molecular weight excluding hydrogens is 542 g/mol. The van der Waals surface area contributed by atoms with Gasteiger partial charge in [-0.25, -0.2) is 0 Å². The average molecular weight is 562 g/mol. The lowest BCUT2D eigenvalue weighted by atomic mass is 10.1. The summed E-state index contributed by atoms with van der Waals surface area (Å²) in [7, 11) is 0. The van der Waals surface area contributed by atoms with Crippen LogP contribution in [0.3, 0.4) is 0 Å². The van der Waals surface area contributed by atoms with E-state index in [0.717, 1.165) is 17.7 Å². The van der Waals surface area contributed by atoms with Crippen molar-refractivity contribution in [2.75, 3.05) is 6.54 Å². The number of carbonyl (C=O) groups excluding carboxylic acids is 1. The van der Waals surface area contributed by atoms with Crippen molar-refractivity contribution in [2.24, 2.45) is 0 Å². The molecular formula is C27H20Cl2F3N3O3. The Labute approximate surface area is 225 Å². The van der Waals surface area contributed by atoms with Gasteiger partial charge in [0.2, 0.25) is 0 Å². The summed E-state index contributed by atoms with van der Waals surface area (Å²) in [5.74, 6) is -1.40. The average Bonchev–Trinajstić information content (AvgIpc) is 3.27. The first-order valence-corrected chi connectivity index (χ1v) is 12.1. The summed E-state index contributed by atoms with van der Waals surface area (Å²) < 4.78 is 40.7. The van der Waals surface area contributed by atoms with Crippen LogP contribution in [0.5, 0.6) is 0 Å². The van der Waals surface area contributed by atoms with Gasteiger partial charge in [-0.15, -0.1) is 0 Å². The highest BCUT2D eigenvalue weighted by molar-refractivity contribution is 6.35. The molecule has 2 N–H and O–H groups in total. The van der Waals surface area contributed by atoms with Gasteiger partial charge in [-0.3, -0.25) is 14.3 Å².